The van der Waals surface area contributed by atoms with Crippen molar-refractivity contribution in [3.05, 3.63) is 42.0 Å². The zero-order valence-corrected chi connectivity index (χ0v) is 20.0. The lowest BCUT2D eigenvalue weighted by atomic mass is 9.44. The third kappa shape index (κ3) is 4.18. The Morgan fingerprint density at radius 3 is 2.54 bits per heavy atom. The minimum absolute atomic E-state index is 0.0439. The molecule has 0 aromatic heterocycles. The van der Waals surface area contributed by atoms with Crippen molar-refractivity contribution in [2.75, 3.05) is 0 Å². The highest BCUT2D eigenvalue weighted by Gasteiger charge is 2.64. The zero-order chi connectivity index (χ0) is 25.8. The standard InChI is InChI=1S/C27H35F5O3/c1-3-25-13-12-16-14-18(33)8-9-19(16)23(25)17(15-24(2)20(25)10-11-21(24)34)6-4-5-7-22(35)26(28,29)27(30,31)32/h3,8-9,14,17,20-23,33-35H,1,4-7,10-13,15H2,2H3/t17-,20+,21-,22?,23+,24-,25-/m0/s1. The van der Waals surface area contributed by atoms with Crippen LogP contribution in [-0.4, -0.2) is 39.6 Å². The van der Waals surface area contributed by atoms with Gasteiger partial charge in [0.05, 0.1) is 6.10 Å². The number of unbranched alkanes of at least 4 members (excludes halogenated alkanes) is 1. The maximum Gasteiger partial charge on any atom is 0.456 e. The van der Waals surface area contributed by atoms with Gasteiger partial charge in [-0.05, 0) is 96.8 Å². The van der Waals surface area contributed by atoms with Gasteiger partial charge in [-0.1, -0.05) is 31.9 Å². The number of phenols is 1. The molecule has 0 radical (unpaired) electrons. The second-order valence-corrected chi connectivity index (χ2v) is 11.2. The van der Waals surface area contributed by atoms with Crippen LogP contribution in [0.3, 0.4) is 0 Å². The molecule has 0 amide bonds. The number of phenolic OH excluding ortho intramolecular Hbond substituents is 1. The van der Waals surface area contributed by atoms with E-state index in [4.69, 9.17) is 0 Å². The van der Waals surface area contributed by atoms with E-state index >= 15 is 0 Å². The van der Waals surface area contributed by atoms with Gasteiger partial charge in [-0.25, -0.2) is 0 Å². The Labute approximate surface area is 203 Å². The molecule has 2 fully saturated rings. The first kappa shape index (κ1) is 26.4. The first-order valence-corrected chi connectivity index (χ1v) is 12.5. The van der Waals surface area contributed by atoms with Crippen molar-refractivity contribution in [3.63, 3.8) is 0 Å². The molecule has 35 heavy (non-hydrogen) atoms. The average molecular weight is 503 g/mol. The maximum absolute atomic E-state index is 13.4. The molecule has 7 atom stereocenters. The number of aryl methyl sites for hydroxylation is 1. The summed E-state index contributed by atoms with van der Waals surface area (Å²) in [6.45, 7) is 6.33. The SMILES string of the molecule is C=C[C@@]12CCc3cc(O)ccc3[C@H]1[C@@H](CCCCC(O)C(F)(F)C(F)(F)F)C[C@@]1(C)[C@H]2CC[C@@H]1O. The van der Waals surface area contributed by atoms with E-state index in [-0.39, 0.29) is 40.8 Å². The van der Waals surface area contributed by atoms with E-state index in [0.717, 1.165) is 36.8 Å². The number of fused-ring (bicyclic) bond motifs is 5. The molecule has 1 aromatic carbocycles. The van der Waals surface area contributed by atoms with Gasteiger partial charge in [-0.15, -0.1) is 6.58 Å². The van der Waals surface area contributed by atoms with Gasteiger partial charge in [0.15, 0.2) is 0 Å². The second-order valence-electron chi connectivity index (χ2n) is 11.2. The third-order valence-corrected chi connectivity index (χ3v) is 9.46. The van der Waals surface area contributed by atoms with Crippen molar-refractivity contribution in [2.45, 2.75) is 94.9 Å². The molecule has 0 heterocycles. The lowest BCUT2D eigenvalue weighted by molar-refractivity contribution is -0.313. The highest BCUT2D eigenvalue weighted by Crippen LogP contribution is 2.69. The molecule has 1 unspecified atom stereocenters. The van der Waals surface area contributed by atoms with Crippen molar-refractivity contribution in [1.82, 2.24) is 0 Å². The lowest BCUT2D eigenvalue weighted by Crippen LogP contribution is -2.54. The van der Waals surface area contributed by atoms with Crippen molar-refractivity contribution in [2.24, 2.45) is 22.7 Å². The quantitative estimate of drug-likeness (QED) is 0.226. The van der Waals surface area contributed by atoms with Crippen molar-refractivity contribution in [1.29, 1.82) is 0 Å². The van der Waals surface area contributed by atoms with Crippen LogP contribution in [0, 0.1) is 22.7 Å². The minimum Gasteiger partial charge on any atom is -0.508 e. The molecule has 8 heteroatoms. The lowest BCUT2D eigenvalue weighted by Gasteiger charge is -2.60. The molecular weight excluding hydrogens is 467 g/mol. The van der Waals surface area contributed by atoms with Crippen LogP contribution in [0.15, 0.2) is 30.9 Å². The summed E-state index contributed by atoms with van der Waals surface area (Å²) in [5.41, 5.74) is 1.61. The van der Waals surface area contributed by atoms with Crippen LogP contribution >= 0.6 is 0 Å². The Morgan fingerprint density at radius 2 is 1.89 bits per heavy atom. The van der Waals surface area contributed by atoms with Crippen LogP contribution in [0.25, 0.3) is 0 Å². The van der Waals surface area contributed by atoms with Gasteiger partial charge in [-0.2, -0.15) is 22.0 Å². The van der Waals surface area contributed by atoms with E-state index in [9.17, 15) is 37.3 Å². The van der Waals surface area contributed by atoms with Gasteiger partial charge in [0.2, 0.25) is 0 Å². The topological polar surface area (TPSA) is 60.7 Å². The van der Waals surface area contributed by atoms with E-state index in [1.807, 2.05) is 12.1 Å². The maximum atomic E-state index is 13.4. The average Bonchev–Trinajstić information content (AvgIpc) is 3.09. The molecule has 3 aliphatic rings. The molecule has 4 rings (SSSR count). The number of allylic oxidation sites excluding steroid dienone is 1. The highest BCUT2D eigenvalue weighted by molar-refractivity contribution is 5.43. The molecule has 1 aromatic rings. The summed E-state index contributed by atoms with van der Waals surface area (Å²) in [5.74, 6) is -4.57. The molecule has 0 aliphatic heterocycles. The smallest absolute Gasteiger partial charge is 0.456 e. The largest absolute Gasteiger partial charge is 0.508 e. The van der Waals surface area contributed by atoms with Crippen LogP contribution in [-0.2, 0) is 6.42 Å². The number of hydrogen-bond acceptors (Lipinski definition) is 3. The van der Waals surface area contributed by atoms with Crippen LogP contribution < -0.4 is 0 Å². The highest BCUT2D eigenvalue weighted by atomic mass is 19.4. The molecule has 3 N–H and O–H groups in total. The number of alkyl halides is 5. The third-order valence-electron chi connectivity index (χ3n) is 9.46. The first-order chi connectivity index (χ1) is 16.3. The first-order valence-electron chi connectivity index (χ1n) is 12.5. The second kappa shape index (κ2) is 9.02. The molecule has 0 saturated heterocycles. The van der Waals surface area contributed by atoms with Gasteiger partial charge in [-0.3, -0.25) is 0 Å². The Bertz CT molecular complexity index is 947. The Morgan fingerprint density at radius 1 is 1.17 bits per heavy atom. The Balaban J connectivity index is 1.58. The van der Waals surface area contributed by atoms with Gasteiger partial charge < -0.3 is 15.3 Å². The number of benzene rings is 1. The number of aliphatic hydroxyl groups is 2. The molecule has 0 spiro atoms. The van der Waals surface area contributed by atoms with E-state index in [1.165, 1.54) is 0 Å². The Hall–Kier alpha value is -1.67. The van der Waals surface area contributed by atoms with Crippen LogP contribution in [0.1, 0.15) is 75.3 Å². The van der Waals surface area contributed by atoms with E-state index in [1.54, 1.807) is 12.1 Å². The molecule has 0 bridgehead atoms. The predicted molar refractivity (Wildman–Crippen MR) is 122 cm³/mol. The summed E-state index contributed by atoms with van der Waals surface area (Å²) in [6.07, 6.45) is -2.66. The van der Waals surface area contributed by atoms with Crippen LogP contribution in [0.2, 0.25) is 0 Å². The van der Waals surface area contributed by atoms with Gasteiger partial charge in [0.25, 0.3) is 0 Å². The summed E-state index contributed by atoms with van der Waals surface area (Å²) in [6, 6.07) is 5.40. The summed E-state index contributed by atoms with van der Waals surface area (Å²) < 4.78 is 64.5. The van der Waals surface area contributed by atoms with Gasteiger partial charge in [0.1, 0.15) is 11.9 Å². The van der Waals surface area contributed by atoms with E-state index in [0.29, 0.717) is 19.3 Å². The fourth-order valence-electron chi connectivity index (χ4n) is 7.81. The van der Waals surface area contributed by atoms with E-state index in [2.05, 4.69) is 13.5 Å². The van der Waals surface area contributed by atoms with Crippen LogP contribution in [0.5, 0.6) is 5.75 Å². The number of aliphatic hydroxyl groups excluding tert-OH is 2. The predicted octanol–water partition coefficient (Wildman–Crippen LogP) is 6.51. The number of halogens is 5. The normalized spacial score (nSPS) is 35.7. The van der Waals surface area contributed by atoms with E-state index < -0.39 is 30.7 Å². The van der Waals surface area contributed by atoms with Gasteiger partial charge in [0, 0.05) is 0 Å². The monoisotopic (exact) mass is 502 g/mol. The summed E-state index contributed by atoms with van der Waals surface area (Å²) >= 11 is 0. The fraction of sp³-hybridized carbons (Fsp3) is 0.704. The number of aromatic hydroxyl groups is 1. The molecule has 2 saturated carbocycles. The molecule has 3 nitrogen and oxygen atoms in total. The zero-order valence-electron chi connectivity index (χ0n) is 20.0. The number of hydrogen-bond donors (Lipinski definition) is 3. The van der Waals surface area contributed by atoms with Gasteiger partial charge >= 0.3 is 12.1 Å². The molecule has 3 aliphatic carbocycles. The number of rotatable bonds is 7. The molecular formula is C27H35F5O3. The molecule has 196 valence electrons. The summed E-state index contributed by atoms with van der Waals surface area (Å²) in [4.78, 5) is 0. The van der Waals surface area contributed by atoms with Crippen LogP contribution in [0.4, 0.5) is 22.0 Å². The van der Waals surface area contributed by atoms with Crippen molar-refractivity contribution in [3.8, 4) is 5.75 Å². The van der Waals surface area contributed by atoms with Crippen molar-refractivity contribution >= 4 is 0 Å². The summed E-state index contributed by atoms with van der Waals surface area (Å²) in [7, 11) is 0. The van der Waals surface area contributed by atoms with Crippen molar-refractivity contribution < 1.29 is 37.3 Å². The minimum atomic E-state index is -5.78. The Kier molecular flexibility index (Phi) is 6.80. The summed E-state index contributed by atoms with van der Waals surface area (Å²) in [5, 5.41) is 30.5. The fourth-order valence-corrected chi connectivity index (χ4v) is 7.81.